The first-order chi connectivity index (χ1) is 15.5. The maximum atomic E-state index is 14.8. The van der Waals surface area contributed by atoms with Gasteiger partial charge in [0.25, 0.3) is 11.7 Å². The molecule has 2 saturated heterocycles. The Kier molecular flexibility index (Phi) is 6.53. The minimum absolute atomic E-state index is 0.147. The van der Waals surface area contributed by atoms with Gasteiger partial charge in [-0.05, 0) is 18.2 Å². The molecule has 0 spiro atoms. The third kappa shape index (κ3) is 4.11. The molecule has 7 nitrogen and oxygen atoms in total. The third-order valence-electron chi connectivity index (χ3n) is 5.86. The number of nitrogens with zero attached hydrogens (tertiary/aromatic N) is 2. The van der Waals surface area contributed by atoms with Crippen LogP contribution in [-0.2, 0) is 14.3 Å². The Morgan fingerprint density at radius 2 is 1.78 bits per heavy atom. The molecule has 8 heteroatoms. The van der Waals surface area contributed by atoms with Crippen molar-refractivity contribution in [2.24, 2.45) is 0 Å². The molecule has 2 fully saturated rings. The van der Waals surface area contributed by atoms with Crippen molar-refractivity contribution in [2.75, 3.05) is 46.5 Å². The predicted octanol–water partition coefficient (Wildman–Crippen LogP) is 2.59. The Bertz CT molecular complexity index is 1050. The van der Waals surface area contributed by atoms with Gasteiger partial charge in [0.1, 0.15) is 17.3 Å². The van der Waals surface area contributed by atoms with Gasteiger partial charge in [-0.15, -0.1) is 0 Å². The summed E-state index contributed by atoms with van der Waals surface area (Å²) in [5.41, 5.74) is 0.277. The highest BCUT2D eigenvalue weighted by atomic mass is 19.1. The van der Waals surface area contributed by atoms with Crippen molar-refractivity contribution in [2.45, 2.75) is 6.04 Å². The SMILES string of the molecule is COc1ccccc1/C(O)=C1\C(=O)C(=O)N(CCN2CCOCC2)C1c1ccccc1F. The molecule has 168 valence electrons. The number of halogens is 1. The molecule has 0 aliphatic carbocycles. The number of methoxy groups -OCH3 is 1. The number of hydrogen-bond donors (Lipinski definition) is 1. The van der Waals surface area contributed by atoms with E-state index in [2.05, 4.69) is 4.90 Å². The second-order valence-corrected chi connectivity index (χ2v) is 7.67. The van der Waals surface area contributed by atoms with Crippen molar-refractivity contribution in [3.05, 3.63) is 71.0 Å². The zero-order valence-electron chi connectivity index (χ0n) is 17.8. The van der Waals surface area contributed by atoms with Crippen LogP contribution in [0.5, 0.6) is 5.75 Å². The largest absolute Gasteiger partial charge is 0.507 e. The summed E-state index contributed by atoms with van der Waals surface area (Å²) in [6, 6.07) is 11.6. The van der Waals surface area contributed by atoms with E-state index in [9.17, 15) is 19.1 Å². The van der Waals surface area contributed by atoms with E-state index in [1.54, 1.807) is 36.4 Å². The quantitative estimate of drug-likeness (QED) is 0.423. The number of hydrogen-bond acceptors (Lipinski definition) is 6. The lowest BCUT2D eigenvalue weighted by Gasteiger charge is -2.31. The number of ketones is 1. The molecule has 1 unspecified atom stereocenters. The zero-order chi connectivity index (χ0) is 22.7. The van der Waals surface area contributed by atoms with Crippen LogP contribution < -0.4 is 4.74 Å². The summed E-state index contributed by atoms with van der Waals surface area (Å²) < 4.78 is 25.5. The highest BCUT2D eigenvalue weighted by Crippen LogP contribution is 2.41. The van der Waals surface area contributed by atoms with Crippen LogP contribution in [-0.4, -0.2) is 73.1 Å². The highest BCUT2D eigenvalue weighted by Gasteiger charge is 2.47. The zero-order valence-corrected chi connectivity index (χ0v) is 17.8. The van der Waals surface area contributed by atoms with Gasteiger partial charge in [-0.2, -0.15) is 0 Å². The fourth-order valence-electron chi connectivity index (χ4n) is 4.19. The molecule has 2 aromatic carbocycles. The number of benzene rings is 2. The summed E-state index contributed by atoms with van der Waals surface area (Å²) in [5.74, 6) is -2.20. The first-order valence-corrected chi connectivity index (χ1v) is 10.5. The number of aliphatic hydroxyl groups is 1. The Labute approximate surface area is 185 Å². The lowest BCUT2D eigenvalue weighted by molar-refractivity contribution is -0.140. The summed E-state index contributed by atoms with van der Waals surface area (Å²) in [7, 11) is 1.45. The topological polar surface area (TPSA) is 79.3 Å². The van der Waals surface area contributed by atoms with Gasteiger partial charge in [0.2, 0.25) is 0 Å². The summed E-state index contributed by atoms with van der Waals surface area (Å²) >= 11 is 0. The normalized spacial score (nSPS) is 21.2. The molecule has 1 N–H and O–H groups in total. The van der Waals surface area contributed by atoms with Crippen LogP contribution in [0.25, 0.3) is 5.76 Å². The molecule has 0 radical (unpaired) electrons. The molecule has 32 heavy (non-hydrogen) atoms. The smallest absolute Gasteiger partial charge is 0.295 e. The number of para-hydroxylation sites is 1. The van der Waals surface area contributed by atoms with Gasteiger partial charge < -0.3 is 19.5 Å². The van der Waals surface area contributed by atoms with Gasteiger partial charge in [0.15, 0.2) is 0 Å². The Morgan fingerprint density at radius 3 is 2.50 bits per heavy atom. The molecule has 2 aromatic rings. The Morgan fingerprint density at radius 1 is 1.09 bits per heavy atom. The molecule has 2 aliphatic rings. The molecular formula is C24H25FN2O5. The number of carbonyl (C=O) groups excluding carboxylic acids is 2. The van der Waals surface area contributed by atoms with Crippen LogP contribution in [0.3, 0.4) is 0 Å². The molecule has 1 atom stereocenters. The van der Waals surface area contributed by atoms with E-state index in [0.29, 0.717) is 25.5 Å². The Balaban J connectivity index is 1.78. The molecular weight excluding hydrogens is 415 g/mol. The summed E-state index contributed by atoms with van der Waals surface area (Å²) in [5, 5.41) is 11.1. The maximum absolute atomic E-state index is 14.8. The number of amides is 1. The van der Waals surface area contributed by atoms with Crippen LogP contribution in [0.2, 0.25) is 0 Å². The number of Topliss-reactive ketones (excluding diaryl/α,β-unsaturated/α-hetero) is 1. The molecule has 4 rings (SSSR count). The number of rotatable bonds is 6. The van der Waals surface area contributed by atoms with Crippen LogP contribution in [0.1, 0.15) is 17.2 Å². The van der Waals surface area contributed by atoms with Crippen LogP contribution >= 0.6 is 0 Å². The lowest BCUT2D eigenvalue weighted by Crippen LogP contribution is -2.42. The van der Waals surface area contributed by atoms with Crippen molar-refractivity contribution in [1.29, 1.82) is 0 Å². The van der Waals surface area contributed by atoms with Crippen LogP contribution in [0.4, 0.5) is 4.39 Å². The third-order valence-corrected chi connectivity index (χ3v) is 5.86. The van der Waals surface area contributed by atoms with Crippen LogP contribution in [0.15, 0.2) is 54.1 Å². The number of ether oxygens (including phenoxy) is 2. The Hall–Kier alpha value is -3.23. The van der Waals surface area contributed by atoms with Crippen LogP contribution in [0, 0.1) is 5.82 Å². The average Bonchev–Trinajstić information content (AvgIpc) is 3.08. The van der Waals surface area contributed by atoms with E-state index in [-0.39, 0.29) is 29.0 Å². The fourth-order valence-corrected chi connectivity index (χ4v) is 4.19. The minimum Gasteiger partial charge on any atom is -0.507 e. The standard InChI is InChI=1S/C24H25FN2O5/c1-31-19-9-5-3-7-17(19)22(28)20-21(16-6-2-4-8-18(16)25)27(24(30)23(20)29)11-10-26-12-14-32-15-13-26/h2-9,21,28H,10-15H2,1H3/b22-20+. The van der Waals surface area contributed by atoms with Crippen molar-refractivity contribution >= 4 is 17.4 Å². The average molecular weight is 440 g/mol. The minimum atomic E-state index is -1.04. The monoisotopic (exact) mass is 440 g/mol. The van der Waals surface area contributed by atoms with Gasteiger partial charge in [-0.1, -0.05) is 30.3 Å². The van der Waals surface area contributed by atoms with Crippen molar-refractivity contribution in [3.63, 3.8) is 0 Å². The van der Waals surface area contributed by atoms with E-state index in [0.717, 1.165) is 13.1 Å². The molecule has 0 saturated carbocycles. The molecule has 0 bridgehead atoms. The number of carbonyl (C=O) groups is 2. The van der Waals surface area contributed by atoms with Gasteiger partial charge in [-0.25, -0.2) is 4.39 Å². The van der Waals surface area contributed by atoms with Crippen molar-refractivity contribution in [1.82, 2.24) is 9.80 Å². The molecule has 0 aromatic heterocycles. The van der Waals surface area contributed by atoms with Gasteiger partial charge in [0.05, 0.1) is 37.5 Å². The fraction of sp³-hybridized carbons (Fsp3) is 0.333. The maximum Gasteiger partial charge on any atom is 0.295 e. The second-order valence-electron chi connectivity index (χ2n) is 7.67. The number of likely N-dealkylation sites (tertiary alicyclic amines) is 1. The van der Waals surface area contributed by atoms with Gasteiger partial charge >= 0.3 is 0 Å². The van der Waals surface area contributed by atoms with Crippen molar-refractivity contribution in [3.8, 4) is 5.75 Å². The summed E-state index contributed by atoms with van der Waals surface area (Å²) in [6.07, 6.45) is 0. The molecule has 2 aliphatic heterocycles. The molecule has 2 heterocycles. The van der Waals surface area contributed by atoms with E-state index in [1.165, 1.54) is 24.1 Å². The summed E-state index contributed by atoms with van der Waals surface area (Å²) in [4.78, 5) is 29.5. The van der Waals surface area contributed by atoms with E-state index < -0.39 is 23.5 Å². The van der Waals surface area contributed by atoms with Gasteiger partial charge in [0, 0.05) is 31.7 Å². The van der Waals surface area contributed by atoms with E-state index >= 15 is 0 Å². The van der Waals surface area contributed by atoms with E-state index in [1.807, 2.05) is 0 Å². The molecule has 1 amide bonds. The lowest BCUT2D eigenvalue weighted by atomic mass is 9.94. The van der Waals surface area contributed by atoms with E-state index in [4.69, 9.17) is 9.47 Å². The summed E-state index contributed by atoms with van der Waals surface area (Å²) in [6.45, 7) is 3.36. The number of aliphatic hydroxyl groups excluding tert-OH is 1. The first kappa shape index (κ1) is 22.0. The predicted molar refractivity (Wildman–Crippen MR) is 116 cm³/mol. The van der Waals surface area contributed by atoms with Crippen molar-refractivity contribution < 1.29 is 28.6 Å². The highest BCUT2D eigenvalue weighted by molar-refractivity contribution is 6.46. The second kappa shape index (κ2) is 9.50. The number of morpholine rings is 1. The van der Waals surface area contributed by atoms with Gasteiger partial charge in [-0.3, -0.25) is 14.5 Å². The first-order valence-electron chi connectivity index (χ1n) is 10.5.